The van der Waals surface area contributed by atoms with Crippen LogP contribution >= 0.6 is 0 Å². The maximum absolute atomic E-state index is 11.5. The van der Waals surface area contributed by atoms with Gasteiger partial charge in [0.25, 0.3) is 5.91 Å². The summed E-state index contributed by atoms with van der Waals surface area (Å²) in [5.41, 5.74) is 5.85. The number of aryl methyl sites for hydroxylation is 1. The van der Waals surface area contributed by atoms with Gasteiger partial charge in [-0.15, -0.1) is 5.10 Å². The van der Waals surface area contributed by atoms with E-state index < -0.39 is 5.91 Å². The smallest absolute Gasteiger partial charge is 0.274 e. The summed E-state index contributed by atoms with van der Waals surface area (Å²) in [4.78, 5) is 16.2. The van der Waals surface area contributed by atoms with Gasteiger partial charge in [-0.1, -0.05) is 42.5 Å². The van der Waals surface area contributed by atoms with Gasteiger partial charge in [-0.2, -0.15) is 0 Å². The van der Waals surface area contributed by atoms with Crippen molar-refractivity contribution in [2.24, 2.45) is 0 Å². The SMILES string of the molecule is Cc1cccc(-n2nc(-c3ccccc3)nc2CNc2ccc(C(=O)NO)cc2)c1. The minimum Gasteiger partial charge on any atom is -0.378 e. The van der Waals surface area contributed by atoms with E-state index in [1.165, 1.54) is 0 Å². The molecule has 4 rings (SSSR count). The van der Waals surface area contributed by atoms with Crippen LogP contribution in [0.3, 0.4) is 0 Å². The third kappa shape index (κ3) is 4.21. The van der Waals surface area contributed by atoms with Gasteiger partial charge in [0.2, 0.25) is 0 Å². The van der Waals surface area contributed by atoms with Crippen molar-refractivity contribution in [1.29, 1.82) is 0 Å². The quantitative estimate of drug-likeness (QED) is 0.337. The van der Waals surface area contributed by atoms with Crippen LogP contribution in [0.1, 0.15) is 21.7 Å². The van der Waals surface area contributed by atoms with Crippen molar-refractivity contribution in [3.63, 3.8) is 0 Å². The molecule has 0 unspecified atom stereocenters. The number of hydrogen-bond acceptors (Lipinski definition) is 5. The summed E-state index contributed by atoms with van der Waals surface area (Å²) in [5.74, 6) is 0.869. The number of carbonyl (C=O) groups is 1. The molecule has 1 heterocycles. The molecule has 150 valence electrons. The maximum atomic E-state index is 11.5. The highest BCUT2D eigenvalue weighted by molar-refractivity contribution is 5.93. The van der Waals surface area contributed by atoms with Crippen molar-refractivity contribution < 1.29 is 10.0 Å². The number of rotatable bonds is 6. The minimum atomic E-state index is -0.548. The van der Waals surface area contributed by atoms with E-state index in [1.54, 1.807) is 29.7 Å². The van der Waals surface area contributed by atoms with Crippen LogP contribution in [0, 0.1) is 6.92 Å². The fourth-order valence-electron chi connectivity index (χ4n) is 3.12. The zero-order valence-corrected chi connectivity index (χ0v) is 16.4. The Bertz CT molecular complexity index is 1150. The molecule has 1 amide bonds. The van der Waals surface area contributed by atoms with Crippen LogP contribution in [0.15, 0.2) is 78.9 Å². The summed E-state index contributed by atoms with van der Waals surface area (Å²) < 4.78 is 1.84. The van der Waals surface area contributed by atoms with Gasteiger partial charge < -0.3 is 5.32 Å². The number of hydroxylamine groups is 1. The highest BCUT2D eigenvalue weighted by atomic mass is 16.5. The molecule has 3 N–H and O–H groups in total. The number of nitrogens with zero attached hydrogens (tertiary/aromatic N) is 3. The second kappa shape index (κ2) is 8.59. The van der Waals surface area contributed by atoms with E-state index in [9.17, 15) is 4.79 Å². The molecular weight excluding hydrogens is 378 g/mol. The van der Waals surface area contributed by atoms with Crippen LogP contribution in [-0.2, 0) is 6.54 Å². The van der Waals surface area contributed by atoms with Crippen molar-refractivity contribution in [1.82, 2.24) is 20.2 Å². The number of amides is 1. The molecule has 0 saturated carbocycles. The van der Waals surface area contributed by atoms with E-state index in [-0.39, 0.29) is 0 Å². The van der Waals surface area contributed by atoms with Gasteiger partial charge in [0.1, 0.15) is 0 Å². The molecule has 0 bridgehead atoms. The van der Waals surface area contributed by atoms with Crippen molar-refractivity contribution in [2.45, 2.75) is 13.5 Å². The van der Waals surface area contributed by atoms with E-state index in [4.69, 9.17) is 15.3 Å². The van der Waals surface area contributed by atoms with Gasteiger partial charge >= 0.3 is 0 Å². The normalized spacial score (nSPS) is 10.6. The lowest BCUT2D eigenvalue weighted by Gasteiger charge is -2.09. The lowest BCUT2D eigenvalue weighted by molar-refractivity contribution is 0.0706. The number of anilines is 1. The molecule has 0 atom stereocenters. The standard InChI is InChI=1S/C23H21N5O2/c1-16-6-5-9-20(14-16)28-21(25-22(26-28)17-7-3-2-4-8-17)15-24-19-12-10-18(11-13-19)23(29)27-30/h2-14,24,30H,15H2,1H3,(H,27,29). The van der Waals surface area contributed by atoms with Crippen molar-refractivity contribution in [2.75, 3.05) is 5.32 Å². The third-order valence-electron chi connectivity index (χ3n) is 4.65. The first-order valence-electron chi connectivity index (χ1n) is 9.51. The minimum absolute atomic E-state index is 0.373. The molecule has 0 aliphatic heterocycles. The van der Waals surface area contributed by atoms with Gasteiger partial charge in [-0.3, -0.25) is 10.0 Å². The largest absolute Gasteiger partial charge is 0.378 e. The number of hydrogen-bond donors (Lipinski definition) is 3. The van der Waals surface area contributed by atoms with Gasteiger partial charge in [0.15, 0.2) is 11.6 Å². The van der Waals surface area contributed by atoms with Gasteiger partial charge in [-0.25, -0.2) is 15.1 Å². The molecule has 4 aromatic rings. The van der Waals surface area contributed by atoms with E-state index in [1.807, 2.05) is 60.1 Å². The van der Waals surface area contributed by atoms with E-state index >= 15 is 0 Å². The van der Waals surface area contributed by atoms with Crippen molar-refractivity contribution >= 4 is 11.6 Å². The van der Waals surface area contributed by atoms with Gasteiger partial charge in [0, 0.05) is 16.8 Å². The number of carbonyl (C=O) groups excluding carboxylic acids is 1. The average Bonchev–Trinajstić information content (AvgIpc) is 3.22. The molecule has 0 fully saturated rings. The van der Waals surface area contributed by atoms with Crippen LogP contribution in [-0.4, -0.2) is 25.9 Å². The Hall–Kier alpha value is -3.97. The highest BCUT2D eigenvalue weighted by Crippen LogP contribution is 2.20. The summed E-state index contributed by atoms with van der Waals surface area (Å²) in [6, 6.07) is 24.8. The summed E-state index contributed by atoms with van der Waals surface area (Å²) in [6.45, 7) is 2.49. The van der Waals surface area contributed by atoms with Gasteiger partial charge in [0.05, 0.1) is 12.2 Å². The number of benzene rings is 3. The van der Waals surface area contributed by atoms with E-state index in [0.29, 0.717) is 17.9 Å². The number of aromatic nitrogens is 3. The van der Waals surface area contributed by atoms with Crippen LogP contribution in [0.25, 0.3) is 17.1 Å². The molecule has 7 heteroatoms. The van der Waals surface area contributed by atoms with Crippen molar-refractivity contribution in [3.05, 3.63) is 95.8 Å². The first kappa shape index (κ1) is 19.4. The highest BCUT2D eigenvalue weighted by Gasteiger charge is 2.13. The molecule has 0 aliphatic carbocycles. The Kier molecular flexibility index (Phi) is 5.54. The first-order chi connectivity index (χ1) is 14.6. The van der Waals surface area contributed by atoms with Crippen LogP contribution in [0.5, 0.6) is 0 Å². The maximum Gasteiger partial charge on any atom is 0.274 e. The van der Waals surface area contributed by atoms with E-state index in [0.717, 1.165) is 28.3 Å². The Labute approximate surface area is 174 Å². The summed E-state index contributed by atoms with van der Waals surface area (Å²) in [6.07, 6.45) is 0. The predicted molar refractivity (Wildman–Crippen MR) is 115 cm³/mol. The summed E-state index contributed by atoms with van der Waals surface area (Å²) in [7, 11) is 0. The van der Waals surface area contributed by atoms with E-state index in [2.05, 4.69) is 11.4 Å². The lowest BCUT2D eigenvalue weighted by atomic mass is 10.2. The molecule has 7 nitrogen and oxygen atoms in total. The topological polar surface area (TPSA) is 92.1 Å². The van der Waals surface area contributed by atoms with Gasteiger partial charge in [-0.05, 0) is 48.9 Å². The molecule has 0 radical (unpaired) electrons. The molecule has 0 saturated heterocycles. The summed E-state index contributed by atoms with van der Waals surface area (Å²) in [5, 5.41) is 16.8. The summed E-state index contributed by atoms with van der Waals surface area (Å²) >= 11 is 0. The molecule has 30 heavy (non-hydrogen) atoms. The second-order valence-corrected chi connectivity index (χ2v) is 6.84. The van der Waals surface area contributed by atoms with Crippen LogP contribution < -0.4 is 10.8 Å². The van der Waals surface area contributed by atoms with Crippen LogP contribution in [0.2, 0.25) is 0 Å². The zero-order chi connectivity index (χ0) is 20.9. The molecule has 3 aromatic carbocycles. The third-order valence-corrected chi connectivity index (χ3v) is 4.65. The predicted octanol–water partition coefficient (Wildman–Crippen LogP) is 3.97. The fraction of sp³-hybridized carbons (Fsp3) is 0.0870. The monoisotopic (exact) mass is 399 g/mol. The molecular formula is C23H21N5O2. The second-order valence-electron chi connectivity index (χ2n) is 6.84. The Morgan fingerprint density at radius 2 is 1.77 bits per heavy atom. The Morgan fingerprint density at radius 3 is 2.47 bits per heavy atom. The van der Waals surface area contributed by atoms with Crippen molar-refractivity contribution in [3.8, 4) is 17.1 Å². The lowest BCUT2D eigenvalue weighted by Crippen LogP contribution is -2.18. The zero-order valence-electron chi connectivity index (χ0n) is 16.4. The average molecular weight is 399 g/mol. The Morgan fingerprint density at radius 1 is 1.00 bits per heavy atom. The first-order valence-corrected chi connectivity index (χ1v) is 9.51. The fourth-order valence-corrected chi connectivity index (χ4v) is 3.12. The Balaban J connectivity index is 1.62. The molecule has 0 spiro atoms. The molecule has 0 aliphatic rings. The molecule has 1 aromatic heterocycles. The van der Waals surface area contributed by atoms with Crippen LogP contribution in [0.4, 0.5) is 5.69 Å². The number of nitrogens with one attached hydrogen (secondary N) is 2.